The van der Waals surface area contributed by atoms with Crippen molar-refractivity contribution in [2.24, 2.45) is 5.73 Å². The molecule has 0 saturated carbocycles. The normalized spacial score (nSPS) is 10.5. The first-order valence-corrected chi connectivity index (χ1v) is 6.04. The lowest BCUT2D eigenvalue weighted by Crippen LogP contribution is -2.16. The maximum atomic E-state index is 5.41. The predicted molar refractivity (Wildman–Crippen MR) is 68.7 cm³/mol. The van der Waals surface area contributed by atoms with Crippen LogP contribution in [0.4, 0.5) is 0 Å². The Kier molecular flexibility index (Phi) is 7.38. The zero-order valence-corrected chi connectivity index (χ0v) is 10.4. The van der Waals surface area contributed by atoms with Gasteiger partial charge in [-0.2, -0.15) is 0 Å². The highest BCUT2D eigenvalue weighted by molar-refractivity contribution is 5.26. The average molecular weight is 238 g/mol. The van der Waals surface area contributed by atoms with E-state index in [0.29, 0.717) is 6.61 Å². The Hall–Kier alpha value is -1.10. The van der Waals surface area contributed by atoms with Crippen LogP contribution < -0.4 is 16.0 Å². The van der Waals surface area contributed by atoms with Crippen LogP contribution in [-0.2, 0) is 11.4 Å². The number of hydrogen-bond acceptors (Lipinski definition) is 4. The number of unbranched alkanes of at least 4 members (excludes halogenated alkanes) is 2. The van der Waals surface area contributed by atoms with Gasteiger partial charge >= 0.3 is 0 Å². The minimum Gasteiger partial charge on any atom is -0.497 e. The van der Waals surface area contributed by atoms with Crippen molar-refractivity contribution in [2.75, 3.05) is 20.2 Å². The minimum absolute atomic E-state index is 0.570. The second-order valence-corrected chi connectivity index (χ2v) is 3.88. The zero-order valence-electron chi connectivity index (χ0n) is 10.4. The lowest BCUT2D eigenvalue weighted by Gasteiger charge is -2.06. The summed E-state index contributed by atoms with van der Waals surface area (Å²) in [7, 11) is 1.66. The van der Waals surface area contributed by atoms with Crippen molar-refractivity contribution in [3.63, 3.8) is 0 Å². The summed E-state index contributed by atoms with van der Waals surface area (Å²) in [5.41, 5.74) is 9.48. The molecule has 1 aromatic carbocycles. The summed E-state index contributed by atoms with van der Waals surface area (Å²) >= 11 is 0. The third kappa shape index (κ3) is 6.26. The molecule has 0 atom stereocenters. The molecule has 0 aliphatic carbocycles. The summed E-state index contributed by atoms with van der Waals surface area (Å²) in [4.78, 5) is 5.35. The molecule has 4 heteroatoms. The van der Waals surface area contributed by atoms with Gasteiger partial charge in [0, 0.05) is 6.54 Å². The fourth-order valence-corrected chi connectivity index (χ4v) is 1.45. The Morgan fingerprint density at radius 3 is 2.53 bits per heavy atom. The van der Waals surface area contributed by atoms with E-state index in [9.17, 15) is 0 Å². The van der Waals surface area contributed by atoms with Gasteiger partial charge in [0.05, 0.1) is 13.7 Å². The van der Waals surface area contributed by atoms with Gasteiger partial charge in [0.25, 0.3) is 0 Å². The smallest absolute Gasteiger partial charge is 0.118 e. The Morgan fingerprint density at radius 2 is 1.88 bits per heavy atom. The first kappa shape index (κ1) is 14.0. The van der Waals surface area contributed by atoms with Gasteiger partial charge in [0.2, 0.25) is 0 Å². The Labute approximate surface area is 103 Å². The van der Waals surface area contributed by atoms with Crippen molar-refractivity contribution in [3.8, 4) is 5.75 Å². The molecule has 0 aliphatic rings. The molecule has 0 spiro atoms. The molecule has 0 amide bonds. The van der Waals surface area contributed by atoms with Crippen molar-refractivity contribution in [2.45, 2.75) is 25.9 Å². The van der Waals surface area contributed by atoms with Gasteiger partial charge in [-0.25, -0.2) is 5.48 Å². The number of hydrogen-bond donors (Lipinski definition) is 2. The maximum absolute atomic E-state index is 5.41. The average Bonchev–Trinajstić information content (AvgIpc) is 2.38. The fourth-order valence-electron chi connectivity index (χ4n) is 1.45. The van der Waals surface area contributed by atoms with Gasteiger partial charge in [-0.3, -0.25) is 4.84 Å². The van der Waals surface area contributed by atoms with Crippen LogP contribution in [0.2, 0.25) is 0 Å². The lowest BCUT2D eigenvalue weighted by molar-refractivity contribution is 0.0272. The van der Waals surface area contributed by atoms with E-state index >= 15 is 0 Å². The van der Waals surface area contributed by atoms with E-state index in [4.69, 9.17) is 15.3 Å². The third-order valence-corrected chi connectivity index (χ3v) is 2.48. The second kappa shape index (κ2) is 8.98. The van der Waals surface area contributed by atoms with E-state index in [0.717, 1.165) is 43.7 Å². The highest BCUT2D eigenvalue weighted by Crippen LogP contribution is 2.11. The summed E-state index contributed by atoms with van der Waals surface area (Å²) in [5, 5.41) is 0. The standard InChI is InChI=1S/C13H22N2O2/c1-16-13-7-5-12(6-8-13)11-17-15-10-4-2-3-9-14/h5-8,15H,2-4,9-11,14H2,1H3. The molecular weight excluding hydrogens is 216 g/mol. The molecule has 0 bridgehead atoms. The van der Waals surface area contributed by atoms with Crippen molar-refractivity contribution < 1.29 is 9.57 Å². The molecule has 1 rings (SSSR count). The fraction of sp³-hybridized carbons (Fsp3) is 0.538. The van der Waals surface area contributed by atoms with E-state index < -0.39 is 0 Å². The molecule has 0 saturated heterocycles. The molecule has 0 aliphatic heterocycles. The largest absolute Gasteiger partial charge is 0.497 e. The molecule has 4 nitrogen and oxygen atoms in total. The van der Waals surface area contributed by atoms with Gasteiger partial charge in [0.15, 0.2) is 0 Å². The van der Waals surface area contributed by atoms with Gasteiger partial charge < -0.3 is 10.5 Å². The van der Waals surface area contributed by atoms with Crippen molar-refractivity contribution in [3.05, 3.63) is 29.8 Å². The van der Waals surface area contributed by atoms with Crippen LogP contribution in [0, 0.1) is 0 Å². The number of methoxy groups -OCH3 is 1. The lowest BCUT2D eigenvalue weighted by atomic mass is 10.2. The van der Waals surface area contributed by atoms with E-state index in [1.54, 1.807) is 7.11 Å². The summed E-state index contributed by atoms with van der Waals surface area (Å²) in [6.07, 6.45) is 3.33. The number of nitrogens with one attached hydrogen (secondary N) is 1. The molecule has 3 N–H and O–H groups in total. The van der Waals surface area contributed by atoms with Crippen molar-refractivity contribution in [1.82, 2.24) is 5.48 Å². The van der Waals surface area contributed by atoms with Crippen LogP contribution in [-0.4, -0.2) is 20.2 Å². The molecule has 1 aromatic rings. The molecule has 96 valence electrons. The number of hydroxylamine groups is 1. The molecule has 0 aromatic heterocycles. The molecular formula is C13H22N2O2. The molecule has 17 heavy (non-hydrogen) atoms. The Balaban J connectivity index is 2.05. The van der Waals surface area contributed by atoms with E-state index in [2.05, 4.69) is 5.48 Å². The first-order chi connectivity index (χ1) is 8.36. The number of rotatable bonds is 9. The van der Waals surface area contributed by atoms with Crippen LogP contribution in [0.5, 0.6) is 5.75 Å². The van der Waals surface area contributed by atoms with Crippen LogP contribution in [0.15, 0.2) is 24.3 Å². The van der Waals surface area contributed by atoms with Crippen LogP contribution in [0.3, 0.4) is 0 Å². The number of benzene rings is 1. The highest BCUT2D eigenvalue weighted by Gasteiger charge is 1.94. The zero-order chi connectivity index (χ0) is 12.3. The molecule has 0 radical (unpaired) electrons. The predicted octanol–water partition coefficient (Wildman–Crippen LogP) is 1.85. The van der Waals surface area contributed by atoms with Crippen molar-refractivity contribution in [1.29, 1.82) is 0 Å². The SMILES string of the molecule is COc1ccc(CONCCCCCN)cc1. The Morgan fingerprint density at radius 1 is 1.12 bits per heavy atom. The van der Waals surface area contributed by atoms with Gasteiger partial charge in [-0.05, 0) is 37.1 Å². The Bertz CT molecular complexity index is 288. The summed E-state index contributed by atoms with van der Waals surface area (Å²) in [6.45, 7) is 2.21. The quantitative estimate of drug-likeness (QED) is 0.509. The number of ether oxygens (including phenoxy) is 1. The topological polar surface area (TPSA) is 56.5 Å². The van der Waals surface area contributed by atoms with E-state index in [1.807, 2.05) is 24.3 Å². The second-order valence-electron chi connectivity index (χ2n) is 3.88. The summed E-state index contributed by atoms with van der Waals surface area (Å²) in [6, 6.07) is 7.85. The maximum Gasteiger partial charge on any atom is 0.118 e. The van der Waals surface area contributed by atoms with Crippen LogP contribution in [0.1, 0.15) is 24.8 Å². The molecule has 0 heterocycles. The van der Waals surface area contributed by atoms with Crippen LogP contribution in [0.25, 0.3) is 0 Å². The first-order valence-electron chi connectivity index (χ1n) is 6.04. The summed E-state index contributed by atoms with van der Waals surface area (Å²) < 4.78 is 5.08. The number of nitrogens with two attached hydrogens (primary N) is 1. The minimum atomic E-state index is 0.570. The van der Waals surface area contributed by atoms with E-state index in [1.165, 1.54) is 0 Å². The third-order valence-electron chi connectivity index (χ3n) is 2.48. The molecule has 0 fully saturated rings. The molecule has 0 unspecified atom stereocenters. The summed E-state index contributed by atoms with van der Waals surface area (Å²) in [5.74, 6) is 0.864. The van der Waals surface area contributed by atoms with Gasteiger partial charge in [-0.15, -0.1) is 0 Å². The monoisotopic (exact) mass is 238 g/mol. The van der Waals surface area contributed by atoms with E-state index in [-0.39, 0.29) is 0 Å². The van der Waals surface area contributed by atoms with Gasteiger partial charge in [-0.1, -0.05) is 18.6 Å². The highest BCUT2D eigenvalue weighted by atomic mass is 16.6. The van der Waals surface area contributed by atoms with Gasteiger partial charge in [0.1, 0.15) is 5.75 Å². The van der Waals surface area contributed by atoms with Crippen LogP contribution >= 0.6 is 0 Å². The van der Waals surface area contributed by atoms with Crippen molar-refractivity contribution >= 4 is 0 Å².